The summed E-state index contributed by atoms with van der Waals surface area (Å²) in [4.78, 5) is 0. The van der Waals surface area contributed by atoms with Crippen molar-refractivity contribution in [3.63, 3.8) is 0 Å². The van der Waals surface area contributed by atoms with Crippen LogP contribution < -0.4 is 5.73 Å². The summed E-state index contributed by atoms with van der Waals surface area (Å²) in [6, 6.07) is -0.697. The molecule has 0 saturated heterocycles. The summed E-state index contributed by atoms with van der Waals surface area (Å²) in [6.45, 7) is 2.09. The molecular formula is C10H18F3N. The Kier molecular flexibility index (Phi) is 3.81. The topological polar surface area (TPSA) is 26.0 Å². The van der Waals surface area contributed by atoms with Crippen molar-refractivity contribution in [1.82, 2.24) is 0 Å². The summed E-state index contributed by atoms with van der Waals surface area (Å²) in [5.41, 5.74) is 5.58. The van der Waals surface area contributed by atoms with E-state index < -0.39 is 18.6 Å². The second-order valence-electron chi connectivity index (χ2n) is 4.52. The molecule has 1 aliphatic carbocycles. The van der Waals surface area contributed by atoms with Gasteiger partial charge in [0.1, 0.15) is 0 Å². The number of hydrogen-bond donors (Lipinski definition) is 1. The van der Waals surface area contributed by atoms with Crippen LogP contribution in [0.2, 0.25) is 0 Å². The van der Waals surface area contributed by atoms with Gasteiger partial charge >= 0.3 is 6.18 Å². The Hall–Kier alpha value is -0.250. The van der Waals surface area contributed by atoms with E-state index in [-0.39, 0.29) is 5.92 Å². The van der Waals surface area contributed by atoms with Crippen LogP contribution in [-0.2, 0) is 0 Å². The van der Waals surface area contributed by atoms with E-state index in [1.165, 1.54) is 0 Å². The van der Waals surface area contributed by atoms with Crippen LogP contribution in [0.25, 0.3) is 0 Å². The lowest BCUT2D eigenvalue weighted by Gasteiger charge is -2.31. The van der Waals surface area contributed by atoms with Crippen molar-refractivity contribution in [2.45, 2.75) is 51.2 Å². The SMILES string of the molecule is CC1CCCC(C(N)CC(F)(F)F)C1. The lowest BCUT2D eigenvalue weighted by molar-refractivity contribution is -0.141. The van der Waals surface area contributed by atoms with Crippen LogP contribution in [0.5, 0.6) is 0 Å². The van der Waals surface area contributed by atoms with Gasteiger partial charge in [0.05, 0.1) is 6.42 Å². The highest BCUT2D eigenvalue weighted by Crippen LogP contribution is 2.33. The van der Waals surface area contributed by atoms with Gasteiger partial charge in [0.2, 0.25) is 0 Å². The fourth-order valence-corrected chi connectivity index (χ4v) is 2.30. The van der Waals surface area contributed by atoms with E-state index >= 15 is 0 Å². The number of nitrogens with two attached hydrogens (primary N) is 1. The van der Waals surface area contributed by atoms with Crippen LogP contribution in [0, 0.1) is 11.8 Å². The largest absolute Gasteiger partial charge is 0.390 e. The fraction of sp³-hybridized carbons (Fsp3) is 1.00. The zero-order chi connectivity index (χ0) is 10.8. The molecule has 4 heteroatoms. The molecule has 84 valence electrons. The maximum atomic E-state index is 12.1. The first-order chi connectivity index (χ1) is 6.38. The van der Waals surface area contributed by atoms with Gasteiger partial charge in [-0.25, -0.2) is 0 Å². The van der Waals surface area contributed by atoms with E-state index in [1.54, 1.807) is 0 Å². The van der Waals surface area contributed by atoms with E-state index in [9.17, 15) is 13.2 Å². The van der Waals surface area contributed by atoms with Crippen molar-refractivity contribution >= 4 is 0 Å². The first-order valence-corrected chi connectivity index (χ1v) is 5.21. The second kappa shape index (κ2) is 4.51. The zero-order valence-electron chi connectivity index (χ0n) is 8.48. The first kappa shape index (κ1) is 11.8. The molecule has 0 amide bonds. The van der Waals surface area contributed by atoms with E-state index in [0.29, 0.717) is 5.92 Å². The van der Waals surface area contributed by atoms with Gasteiger partial charge in [-0.3, -0.25) is 0 Å². The van der Waals surface area contributed by atoms with Crippen LogP contribution >= 0.6 is 0 Å². The van der Waals surface area contributed by atoms with Crippen LogP contribution in [0.1, 0.15) is 39.0 Å². The predicted octanol–water partition coefficient (Wildman–Crippen LogP) is 3.09. The lowest BCUT2D eigenvalue weighted by Crippen LogP contribution is -2.37. The van der Waals surface area contributed by atoms with Gasteiger partial charge in [-0.2, -0.15) is 13.2 Å². The van der Waals surface area contributed by atoms with Gasteiger partial charge in [-0.1, -0.05) is 19.8 Å². The summed E-state index contributed by atoms with van der Waals surface area (Å²) < 4.78 is 36.2. The summed E-state index contributed by atoms with van der Waals surface area (Å²) in [7, 11) is 0. The highest BCUT2D eigenvalue weighted by Gasteiger charge is 2.34. The average Bonchev–Trinajstić information content (AvgIpc) is 2.01. The highest BCUT2D eigenvalue weighted by atomic mass is 19.4. The molecule has 0 aromatic rings. The monoisotopic (exact) mass is 209 g/mol. The quantitative estimate of drug-likeness (QED) is 0.743. The minimum absolute atomic E-state index is 0.0698. The van der Waals surface area contributed by atoms with Crippen LogP contribution in [0.4, 0.5) is 13.2 Å². The van der Waals surface area contributed by atoms with Crippen molar-refractivity contribution in [1.29, 1.82) is 0 Å². The zero-order valence-corrected chi connectivity index (χ0v) is 8.48. The smallest absolute Gasteiger partial charge is 0.327 e. The van der Waals surface area contributed by atoms with Crippen LogP contribution in [0.3, 0.4) is 0 Å². The van der Waals surface area contributed by atoms with Crippen LogP contribution in [0.15, 0.2) is 0 Å². The molecule has 1 rings (SSSR count). The normalized spacial score (nSPS) is 31.5. The molecule has 0 aromatic carbocycles. The van der Waals surface area contributed by atoms with Crippen molar-refractivity contribution in [2.24, 2.45) is 17.6 Å². The second-order valence-corrected chi connectivity index (χ2v) is 4.52. The Morgan fingerprint density at radius 1 is 1.36 bits per heavy atom. The molecule has 1 nitrogen and oxygen atoms in total. The molecule has 2 N–H and O–H groups in total. The predicted molar refractivity (Wildman–Crippen MR) is 49.8 cm³/mol. The first-order valence-electron chi connectivity index (χ1n) is 5.21. The molecule has 3 atom stereocenters. The highest BCUT2D eigenvalue weighted by molar-refractivity contribution is 4.80. The Morgan fingerprint density at radius 2 is 2.00 bits per heavy atom. The molecule has 0 aromatic heterocycles. The molecule has 14 heavy (non-hydrogen) atoms. The number of halogens is 3. The minimum atomic E-state index is -4.11. The Labute approximate surface area is 82.9 Å². The summed E-state index contributed by atoms with van der Waals surface area (Å²) in [5, 5.41) is 0. The molecule has 0 aliphatic heterocycles. The molecule has 0 heterocycles. The Bertz CT molecular complexity index is 179. The van der Waals surface area contributed by atoms with Crippen molar-refractivity contribution in [3.05, 3.63) is 0 Å². The summed E-state index contributed by atoms with van der Waals surface area (Å²) >= 11 is 0. The molecule has 3 unspecified atom stereocenters. The molecule has 1 fully saturated rings. The summed E-state index contributed by atoms with van der Waals surface area (Å²) in [5.74, 6) is 0.605. The Morgan fingerprint density at radius 3 is 2.50 bits per heavy atom. The molecule has 1 aliphatic rings. The molecule has 0 radical (unpaired) electrons. The van der Waals surface area contributed by atoms with Gasteiger partial charge in [-0.05, 0) is 24.7 Å². The van der Waals surface area contributed by atoms with Gasteiger partial charge < -0.3 is 5.73 Å². The maximum absolute atomic E-state index is 12.1. The molecular weight excluding hydrogens is 191 g/mol. The third-order valence-corrected chi connectivity index (χ3v) is 3.05. The van der Waals surface area contributed by atoms with E-state index in [2.05, 4.69) is 6.92 Å². The Balaban J connectivity index is 2.39. The van der Waals surface area contributed by atoms with E-state index in [0.717, 1.165) is 25.7 Å². The minimum Gasteiger partial charge on any atom is -0.327 e. The van der Waals surface area contributed by atoms with Gasteiger partial charge in [0.15, 0.2) is 0 Å². The molecule has 0 bridgehead atoms. The van der Waals surface area contributed by atoms with Crippen molar-refractivity contribution in [2.75, 3.05) is 0 Å². The summed E-state index contributed by atoms with van der Waals surface area (Å²) in [6.07, 6.45) is -1.06. The van der Waals surface area contributed by atoms with Gasteiger partial charge in [-0.15, -0.1) is 0 Å². The third-order valence-electron chi connectivity index (χ3n) is 3.05. The standard InChI is InChI=1S/C10H18F3N/c1-7-3-2-4-8(5-7)9(14)6-10(11,12)13/h7-9H,2-6,14H2,1H3. The van der Waals surface area contributed by atoms with E-state index in [4.69, 9.17) is 5.73 Å². The number of alkyl halides is 3. The number of rotatable bonds is 2. The van der Waals surface area contributed by atoms with Gasteiger partial charge in [0, 0.05) is 6.04 Å². The maximum Gasteiger partial charge on any atom is 0.390 e. The average molecular weight is 209 g/mol. The van der Waals surface area contributed by atoms with Gasteiger partial charge in [0.25, 0.3) is 0 Å². The van der Waals surface area contributed by atoms with Crippen molar-refractivity contribution in [3.8, 4) is 0 Å². The molecule has 1 saturated carbocycles. The van der Waals surface area contributed by atoms with Crippen LogP contribution in [-0.4, -0.2) is 12.2 Å². The lowest BCUT2D eigenvalue weighted by atomic mass is 9.78. The number of hydrogen-bond acceptors (Lipinski definition) is 1. The third kappa shape index (κ3) is 3.86. The van der Waals surface area contributed by atoms with E-state index in [1.807, 2.05) is 0 Å². The fourth-order valence-electron chi connectivity index (χ4n) is 2.30. The molecule has 0 spiro atoms. The van der Waals surface area contributed by atoms with Crippen molar-refractivity contribution < 1.29 is 13.2 Å².